The second-order valence-electron chi connectivity index (χ2n) is 9.43. The molecular formula is C25H37Cl2N7. The number of aryl methyl sites for hydroxylation is 1. The zero-order chi connectivity index (χ0) is 21.8. The maximum Gasteiger partial charge on any atom is 0.227 e. The van der Waals surface area contributed by atoms with Gasteiger partial charge in [-0.05, 0) is 56.9 Å². The Balaban J connectivity index is 0.00000162. The molecule has 2 heterocycles. The van der Waals surface area contributed by atoms with Crippen molar-refractivity contribution in [3.8, 4) is 0 Å². The van der Waals surface area contributed by atoms with Crippen LogP contribution in [-0.2, 0) is 6.42 Å². The third-order valence-electron chi connectivity index (χ3n) is 7.02. The van der Waals surface area contributed by atoms with Gasteiger partial charge in [-0.3, -0.25) is 0 Å². The number of imidazole rings is 1. The van der Waals surface area contributed by atoms with Gasteiger partial charge in [0.05, 0.1) is 6.33 Å². The van der Waals surface area contributed by atoms with Gasteiger partial charge >= 0.3 is 0 Å². The fourth-order valence-electron chi connectivity index (χ4n) is 5.14. The number of nitrogens with zero attached hydrogens (tertiary/aromatic N) is 4. The van der Waals surface area contributed by atoms with Gasteiger partial charge in [-0.2, -0.15) is 9.97 Å². The van der Waals surface area contributed by atoms with Gasteiger partial charge in [0, 0.05) is 24.7 Å². The highest BCUT2D eigenvalue weighted by atomic mass is 35.5. The van der Waals surface area contributed by atoms with E-state index in [9.17, 15) is 0 Å². The number of hydrogen-bond donors (Lipinski definition) is 3. The molecule has 34 heavy (non-hydrogen) atoms. The van der Waals surface area contributed by atoms with Crippen LogP contribution in [0.1, 0.15) is 69.4 Å². The molecule has 2 aromatic heterocycles. The normalized spacial score (nSPS) is 20.5. The van der Waals surface area contributed by atoms with Crippen LogP contribution in [0.25, 0.3) is 11.2 Å². The summed E-state index contributed by atoms with van der Waals surface area (Å²) < 4.78 is 2.28. The van der Waals surface area contributed by atoms with Gasteiger partial charge in [0.15, 0.2) is 17.0 Å². The summed E-state index contributed by atoms with van der Waals surface area (Å²) in [6.45, 7) is 0.856. The Kier molecular flexibility index (Phi) is 9.80. The highest BCUT2D eigenvalue weighted by Crippen LogP contribution is 2.33. The number of rotatable bonds is 8. The van der Waals surface area contributed by atoms with Gasteiger partial charge in [-0.25, -0.2) is 4.98 Å². The summed E-state index contributed by atoms with van der Waals surface area (Å²) in [5.41, 5.74) is 9.29. The average molecular weight is 507 g/mol. The topological polar surface area (TPSA) is 93.7 Å². The largest absolute Gasteiger partial charge is 0.368 e. The van der Waals surface area contributed by atoms with Gasteiger partial charge in [-0.1, -0.05) is 43.2 Å². The lowest BCUT2D eigenvalue weighted by atomic mass is 9.92. The Bertz CT molecular complexity index is 1010. The van der Waals surface area contributed by atoms with E-state index in [0.717, 1.165) is 62.1 Å². The van der Waals surface area contributed by atoms with E-state index in [4.69, 9.17) is 20.7 Å². The predicted molar refractivity (Wildman–Crippen MR) is 144 cm³/mol. The molecule has 0 saturated heterocycles. The Hall–Kier alpha value is -2.09. The second-order valence-corrected chi connectivity index (χ2v) is 9.43. The van der Waals surface area contributed by atoms with Crippen molar-refractivity contribution < 1.29 is 0 Å². The molecule has 3 aromatic rings. The van der Waals surface area contributed by atoms with Crippen LogP contribution in [0.4, 0.5) is 11.8 Å². The van der Waals surface area contributed by atoms with Crippen molar-refractivity contribution in [2.75, 3.05) is 17.2 Å². The van der Waals surface area contributed by atoms with Crippen LogP contribution in [0, 0.1) is 0 Å². The number of halogens is 2. The first-order valence-electron chi connectivity index (χ1n) is 12.3. The molecule has 0 aliphatic heterocycles. The van der Waals surface area contributed by atoms with Gasteiger partial charge in [0.2, 0.25) is 5.95 Å². The smallest absolute Gasteiger partial charge is 0.227 e. The molecular weight excluding hydrogens is 469 g/mol. The molecule has 5 rings (SSSR count). The number of nitrogens with one attached hydrogen (secondary N) is 2. The van der Waals surface area contributed by atoms with Gasteiger partial charge < -0.3 is 20.9 Å². The monoisotopic (exact) mass is 505 g/mol. The molecule has 2 aliphatic rings. The van der Waals surface area contributed by atoms with Gasteiger partial charge in [0.25, 0.3) is 0 Å². The molecule has 2 aliphatic carbocycles. The first-order valence-corrected chi connectivity index (χ1v) is 12.3. The van der Waals surface area contributed by atoms with E-state index in [1.807, 2.05) is 6.33 Å². The molecule has 1 aromatic carbocycles. The zero-order valence-corrected chi connectivity index (χ0v) is 21.3. The molecule has 186 valence electrons. The predicted octanol–water partition coefficient (Wildman–Crippen LogP) is 5.51. The lowest BCUT2D eigenvalue weighted by Crippen LogP contribution is -2.33. The lowest BCUT2D eigenvalue weighted by Gasteiger charge is -2.27. The van der Waals surface area contributed by atoms with Crippen LogP contribution in [0.5, 0.6) is 0 Å². The molecule has 0 radical (unpaired) electrons. The summed E-state index contributed by atoms with van der Waals surface area (Å²) >= 11 is 0. The van der Waals surface area contributed by atoms with Crippen LogP contribution < -0.4 is 16.4 Å². The van der Waals surface area contributed by atoms with E-state index >= 15 is 0 Å². The SMILES string of the molecule is Cl.Cl.N[C@H]1CC[C@H](Nc2nc(NCCCc3ccccc3)c3ncn(C4CCCC4)c3n2)CC1. The zero-order valence-electron chi connectivity index (χ0n) is 19.7. The molecule has 2 saturated carbocycles. The van der Waals surface area contributed by atoms with Gasteiger partial charge in [0.1, 0.15) is 0 Å². The lowest BCUT2D eigenvalue weighted by molar-refractivity contribution is 0.410. The third kappa shape index (κ3) is 6.32. The Morgan fingerprint density at radius 1 is 0.941 bits per heavy atom. The summed E-state index contributed by atoms with van der Waals surface area (Å²) in [6.07, 6.45) is 13.3. The molecule has 4 N–H and O–H groups in total. The molecule has 0 atom stereocenters. The Labute approximate surface area is 214 Å². The van der Waals surface area contributed by atoms with E-state index in [1.165, 1.54) is 31.2 Å². The molecule has 0 amide bonds. The van der Waals surface area contributed by atoms with E-state index in [-0.39, 0.29) is 24.8 Å². The van der Waals surface area contributed by atoms with Crippen molar-refractivity contribution >= 4 is 47.7 Å². The molecule has 0 unspecified atom stereocenters. The molecule has 9 heteroatoms. The van der Waals surface area contributed by atoms with Crippen molar-refractivity contribution in [3.05, 3.63) is 42.2 Å². The minimum absolute atomic E-state index is 0. The quantitative estimate of drug-likeness (QED) is 0.349. The van der Waals surface area contributed by atoms with E-state index in [2.05, 4.69) is 45.5 Å². The van der Waals surface area contributed by atoms with E-state index < -0.39 is 0 Å². The van der Waals surface area contributed by atoms with Crippen molar-refractivity contribution in [2.45, 2.75) is 82.3 Å². The maximum atomic E-state index is 6.09. The standard InChI is InChI=1S/C25H35N7.2ClH/c26-19-12-14-20(15-13-19)29-25-30-23(27-16-6-9-18-7-2-1-3-8-18)22-24(31-25)32(17-28-22)21-10-4-5-11-21;;/h1-3,7-8,17,19-21H,4-6,9-16,26H2,(H2,27,29,30,31);2*1H/t19-,20-;;. The van der Waals surface area contributed by atoms with E-state index in [1.54, 1.807) is 0 Å². The molecule has 0 bridgehead atoms. The fraction of sp³-hybridized carbons (Fsp3) is 0.560. The van der Waals surface area contributed by atoms with Gasteiger partial charge in [-0.15, -0.1) is 24.8 Å². The van der Waals surface area contributed by atoms with Crippen LogP contribution in [0.2, 0.25) is 0 Å². The van der Waals surface area contributed by atoms with E-state index in [0.29, 0.717) is 24.1 Å². The Morgan fingerprint density at radius 2 is 1.68 bits per heavy atom. The second kappa shape index (κ2) is 12.6. The summed E-state index contributed by atoms with van der Waals surface area (Å²) in [5.74, 6) is 1.55. The van der Waals surface area contributed by atoms with Crippen LogP contribution in [-0.4, -0.2) is 38.1 Å². The van der Waals surface area contributed by atoms with Crippen molar-refractivity contribution in [2.24, 2.45) is 5.73 Å². The fourth-order valence-corrected chi connectivity index (χ4v) is 5.14. The number of anilines is 2. The van der Waals surface area contributed by atoms with Crippen LogP contribution >= 0.6 is 24.8 Å². The average Bonchev–Trinajstić information content (AvgIpc) is 3.49. The Morgan fingerprint density at radius 3 is 2.41 bits per heavy atom. The van der Waals surface area contributed by atoms with Crippen molar-refractivity contribution in [1.82, 2.24) is 19.5 Å². The maximum absolute atomic E-state index is 6.09. The van der Waals surface area contributed by atoms with Crippen LogP contribution in [0.15, 0.2) is 36.7 Å². The number of hydrogen-bond acceptors (Lipinski definition) is 6. The number of benzene rings is 1. The summed E-state index contributed by atoms with van der Waals surface area (Å²) in [6, 6.07) is 11.9. The summed E-state index contributed by atoms with van der Waals surface area (Å²) in [7, 11) is 0. The highest BCUT2D eigenvalue weighted by molar-refractivity contribution is 5.86. The summed E-state index contributed by atoms with van der Waals surface area (Å²) in [5, 5.41) is 7.16. The van der Waals surface area contributed by atoms with Crippen molar-refractivity contribution in [1.29, 1.82) is 0 Å². The molecule has 0 spiro atoms. The first kappa shape index (κ1) is 26.5. The first-order chi connectivity index (χ1) is 15.8. The minimum atomic E-state index is 0. The minimum Gasteiger partial charge on any atom is -0.368 e. The number of fused-ring (bicyclic) bond motifs is 1. The van der Waals surface area contributed by atoms with Crippen LogP contribution in [0.3, 0.4) is 0 Å². The van der Waals surface area contributed by atoms with Crippen molar-refractivity contribution in [3.63, 3.8) is 0 Å². The number of nitrogens with two attached hydrogens (primary N) is 1. The third-order valence-corrected chi connectivity index (χ3v) is 7.02. The summed E-state index contributed by atoms with van der Waals surface area (Å²) in [4.78, 5) is 14.5. The molecule has 2 fully saturated rings. The molecule has 7 nitrogen and oxygen atoms in total. The number of aromatic nitrogens is 4. The highest BCUT2D eigenvalue weighted by Gasteiger charge is 2.23.